The third-order valence-electron chi connectivity index (χ3n) is 4.52. The third kappa shape index (κ3) is 2.85. The number of nitrogens with zero attached hydrogens (tertiary/aromatic N) is 2. The second kappa shape index (κ2) is 6.14. The van der Waals surface area contributed by atoms with Crippen LogP contribution in [0, 0.1) is 0 Å². The molecule has 5 heteroatoms. The van der Waals surface area contributed by atoms with Gasteiger partial charge in [-0.05, 0) is 35.7 Å². The highest BCUT2D eigenvalue weighted by Gasteiger charge is 2.11. The number of rotatable bonds is 3. The van der Waals surface area contributed by atoms with Crippen molar-refractivity contribution in [1.29, 1.82) is 0 Å². The fourth-order valence-corrected chi connectivity index (χ4v) is 3.25. The summed E-state index contributed by atoms with van der Waals surface area (Å²) in [7, 11) is 0. The van der Waals surface area contributed by atoms with Crippen molar-refractivity contribution in [2.75, 3.05) is 11.1 Å². The van der Waals surface area contributed by atoms with Crippen molar-refractivity contribution in [3.63, 3.8) is 0 Å². The SMILES string of the molecule is Nc1cc(Nc2ccc3cncc(-c4cc5ccccc5o4)c3c2)ccn1. The molecule has 0 radical (unpaired) electrons. The first-order valence-electron chi connectivity index (χ1n) is 8.61. The summed E-state index contributed by atoms with van der Waals surface area (Å²) in [6, 6.07) is 19.9. The van der Waals surface area contributed by atoms with Crippen molar-refractivity contribution >= 4 is 38.9 Å². The molecule has 0 aliphatic heterocycles. The molecule has 130 valence electrons. The lowest BCUT2D eigenvalue weighted by molar-refractivity contribution is 0.632. The van der Waals surface area contributed by atoms with Crippen molar-refractivity contribution in [1.82, 2.24) is 9.97 Å². The van der Waals surface area contributed by atoms with Crippen molar-refractivity contribution in [2.24, 2.45) is 0 Å². The van der Waals surface area contributed by atoms with E-state index < -0.39 is 0 Å². The van der Waals surface area contributed by atoms with E-state index >= 15 is 0 Å². The van der Waals surface area contributed by atoms with E-state index in [2.05, 4.69) is 27.4 Å². The maximum atomic E-state index is 6.05. The summed E-state index contributed by atoms with van der Waals surface area (Å²) >= 11 is 0. The number of furan rings is 1. The summed E-state index contributed by atoms with van der Waals surface area (Å²) in [5.41, 5.74) is 9.44. The van der Waals surface area contributed by atoms with Crippen LogP contribution in [0.1, 0.15) is 0 Å². The number of pyridine rings is 2. The molecule has 0 aliphatic rings. The molecule has 0 bridgehead atoms. The second-order valence-electron chi connectivity index (χ2n) is 6.37. The standard InChI is InChI=1S/C22H16N4O/c23-22-11-17(7-8-25-22)26-16-6-5-15-12-24-13-19(18(15)10-16)21-9-14-3-1-2-4-20(14)27-21/h1-13H,(H3,23,25,26). The normalized spacial score (nSPS) is 11.1. The average Bonchev–Trinajstić information content (AvgIpc) is 3.11. The van der Waals surface area contributed by atoms with Gasteiger partial charge in [0.25, 0.3) is 0 Å². The molecule has 5 rings (SSSR count). The van der Waals surface area contributed by atoms with Crippen LogP contribution >= 0.6 is 0 Å². The van der Waals surface area contributed by atoms with Gasteiger partial charge in [-0.15, -0.1) is 0 Å². The number of hydrogen-bond acceptors (Lipinski definition) is 5. The van der Waals surface area contributed by atoms with Gasteiger partial charge >= 0.3 is 0 Å². The number of nitrogens with two attached hydrogens (primary N) is 1. The minimum absolute atomic E-state index is 0.480. The van der Waals surface area contributed by atoms with Gasteiger partial charge in [0, 0.05) is 52.4 Å². The number of hydrogen-bond donors (Lipinski definition) is 2. The topological polar surface area (TPSA) is 77.0 Å². The van der Waals surface area contributed by atoms with Gasteiger partial charge in [0.2, 0.25) is 0 Å². The Kier molecular flexibility index (Phi) is 3.50. The highest BCUT2D eigenvalue weighted by Crippen LogP contribution is 2.34. The Labute approximate surface area is 155 Å². The molecule has 0 spiro atoms. The summed E-state index contributed by atoms with van der Waals surface area (Å²) in [4.78, 5) is 8.40. The monoisotopic (exact) mass is 352 g/mol. The summed E-state index contributed by atoms with van der Waals surface area (Å²) < 4.78 is 6.05. The predicted molar refractivity (Wildman–Crippen MR) is 109 cm³/mol. The van der Waals surface area contributed by atoms with Crippen molar-refractivity contribution in [3.05, 3.63) is 79.3 Å². The third-order valence-corrected chi connectivity index (χ3v) is 4.52. The predicted octanol–water partition coefficient (Wildman–Crippen LogP) is 5.37. The zero-order valence-electron chi connectivity index (χ0n) is 14.4. The second-order valence-corrected chi connectivity index (χ2v) is 6.37. The van der Waals surface area contributed by atoms with Gasteiger partial charge in [0.1, 0.15) is 17.2 Å². The summed E-state index contributed by atoms with van der Waals surface area (Å²) in [6.45, 7) is 0. The van der Waals surface area contributed by atoms with Crippen LogP contribution < -0.4 is 11.1 Å². The lowest BCUT2D eigenvalue weighted by atomic mass is 10.0. The maximum Gasteiger partial charge on any atom is 0.137 e. The number of nitrogen functional groups attached to an aromatic ring is 1. The number of aromatic nitrogens is 2. The van der Waals surface area contributed by atoms with Crippen LogP contribution in [0.3, 0.4) is 0 Å². The fourth-order valence-electron chi connectivity index (χ4n) is 3.25. The van der Waals surface area contributed by atoms with E-state index in [0.717, 1.165) is 44.4 Å². The number of nitrogens with one attached hydrogen (secondary N) is 1. The molecule has 3 aromatic heterocycles. The largest absolute Gasteiger partial charge is 0.456 e. The smallest absolute Gasteiger partial charge is 0.137 e. The number of para-hydroxylation sites is 1. The van der Waals surface area contributed by atoms with E-state index in [1.165, 1.54) is 0 Å². The highest BCUT2D eigenvalue weighted by molar-refractivity contribution is 5.98. The van der Waals surface area contributed by atoms with E-state index in [4.69, 9.17) is 10.2 Å². The van der Waals surface area contributed by atoms with E-state index in [-0.39, 0.29) is 0 Å². The van der Waals surface area contributed by atoms with Gasteiger partial charge < -0.3 is 15.5 Å². The summed E-state index contributed by atoms with van der Waals surface area (Å²) in [5.74, 6) is 1.28. The first kappa shape index (κ1) is 15.4. The molecular weight excluding hydrogens is 336 g/mol. The Morgan fingerprint density at radius 2 is 1.74 bits per heavy atom. The van der Waals surface area contributed by atoms with Gasteiger partial charge in [-0.3, -0.25) is 4.98 Å². The molecule has 3 heterocycles. The van der Waals surface area contributed by atoms with E-state index in [0.29, 0.717) is 5.82 Å². The molecule has 5 nitrogen and oxygen atoms in total. The Morgan fingerprint density at radius 3 is 2.63 bits per heavy atom. The van der Waals surface area contributed by atoms with Gasteiger partial charge in [0.15, 0.2) is 0 Å². The molecule has 2 aromatic carbocycles. The van der Waals surface area contributed by atoms with Crippen molar-refractivity contribution in [3.8, 4) is 11.3 Å². The van der Waals surface area contributed by atoms with Gasteiger partial charge in [-0.25, -0.2) is 4.98 Å². The van der Waals surface area contributed by atoms with E-state index in [1.54, 1.807) is 12.3 Å². The Hall–Kier alpha value is -3.86. The zero-order valence-corrected chi connectivity index (χ0v) is 14.4. The number of anilines is 3. The molecule has 27 heavy (non-hydrogen) atoms. The minimum atomic E-state index is 0.480. The lowest BCUT2D eigenvalue weighted by Gasteiger charge is -2.09. The molecule has 0 saturated carbocycles. The first-order chi connectivity index (χ1) is 13.3. The molecule has 0 saturated heterocycles. The summed E-state index contributed by atoms with van der Waals surface area (Å²) in [6.07, 6.45) is 5.38. The molecule has 0 amide bonds. The average molecular weight is 352 g/mol. The molecule has 0 unspecified atom stereocenters. The quantitative estimate of drug-likeness (QED) is 0.456. The van der Waals surface area contributed by atoms with Crippen molar-refractivity contribution in [2.45, 2.75) is 0 Å². The molecule has 5 aromatic rings. The molecule has 0 fully saturated rings. The fraction of sp³-hybridized carbons (Fsp3) is 0. The first-order valence-corrected chi connectivity index (χ1v) is 8.61. The summed E-state index contributed by atoms with van der Waals surface area (Å²) in [5, 5.41) is 6.56. The zero-order chi connectivity index (χ0) is 18.2. The Balaban J connectivity index is 1.62. The molecular formula is C22H16N4O. The van der Waals surface area contributed by atoms with Crippen LogP contribution in [-0.4, -0.2) is 9.97 Å². The highest BCUT2D eigenvalue weighted by atomic mass is 16.3. The van der Waals surface area contributed by atoms with Crippen LogP contribution in [0.4, 0.5) is 17.2 Å². The number of benzene rings is 2. The van der Waals surface area contributed by atoms with Crippen molar-refractivity contribution < 1.29 is 4.42 Å². The Bertz CT molecular complexity index is 1240. The van der Waals surface area contributed by atoms with Gasteiger partial charge in [-0.2, -0.15) is 0 Å². The number of fused-ring (bicyclic) bond motifs is 2. The van der Waals surface area contributed by atoms with E-state index in [9.17, 15) is 0 Å². The maximum absolute atomic E-state index is 6.05. The van der Waals surface area contributed by atoms with Crippen LogP contribution in [0.25, 0.3) is 33.1 Å². The van der Waals surface area contributed by atoms with Crippen LogP contribution in [0.15, 0.2) is 83.7 Å². The van der Waals surface area contributed by atoms with E-state index in [1.807, 2.05) is 54.9 Å². The molecule has 0 aliphatic carbocycles. The molecule has 0 atom stereocenters. The van der Waals surface area contributed by atoms with Crippen LogP contribution in [0.5, 0.6) is 0 Å². The minimum Gasteiger partial charge on any atom is -0.456 e. The van der Waals surface area contributed by atoms with Crippen LogP contribution in [0.2, 0.25) is 0 Å². The van der Waals surface area contributed by atoms with Crippen LogP contribution in [-0.2, 0) is 0 Å². The lowest BCUT2D eigenvalue weighted by Crippen LogP contribution is -1.94. The molecule has 3 N–H and O–H groups in total. The Morgan fingerprint density at radius 1 is 0.852 bits per heavy atom. The van der Waals surface area contributed by atoms with Gasteiger partial charge in [0.05, 0.1) is 0 Å². The van der Waals surface area contributed by atoms with Gasteiger partial charge in [-0.1, -0.05) is 24.3 Å².